The SMILES string of the molecule is Cc1ccc(-c2noc(CC3CCN(C(=O)OC(C)(C)C)CC3)n2)cc1NC(=O)c1cnc2ccccn12. The van der Waals surface area contributed by atoms with Crippen molar-refractivity contribution in [2.45, 2.75) is 52.6 Å². The molecule has 4 heterocycles. The quantitative estimate of drug-likeness (QED) is 0.391. The monoisotopic (exact) mass is 516 g/mol. The first kappa shape index (κ1) is 25.4. The second-order valence-corrected chi connectivity index (χ2v) is 10.7. The summed E-state index contributed by atoms with van der Waals surface area (Å²) < 4.78 is 12.8. The Hall–Kier alpha value is -4.21. The zero-order valence-corrected chi connectivity index (χ0v) is 22.1. The van der Waals surface area contributed by atoms with E-state index in [0.29, 0.717) is 54.2 Å². The van der Waals surface area contributed by atoms with E-state index in [1.165, 1.54) is 0 Å². The number of nitrogens with zero attached hydrogens (tertiary/aromatic N) is 5. The van der Waals surface area contributed by atoms with E-state index >= 15 is 0 Å². The van der Waals surface area contributed by atoms with Crippen molar-refractivity contribution in [3.63, 3.8) is 0 Å². The highest BCUT2D eigenvalue weighted by Gasteiger charge is 2.28. The van der Waals surface area contributed by atoms with E-state index in [0.717, 1.165) is 24.0 Å². The summed E-state index contributed by atoms with van der Waals surface area (Å²) in [7, 11) is 0. The molecular weight excluding hydrogens is 484 g/mol. The van der Waals surface area contributed by atoms with Crippen LogP contribution in [0.2, 0.25) is 0 Å². The van der Waals surface area contributed by atoms with Crippen LogP contribution in [-0.2, 0) is 11.2 Å². The average molecular weight is 517 g/mol. The normalized spacial score (nSPS) is 14.6. The van der Waals surface area contributed by atoms with Gasteiger partial charge in [0, 0.05) is 37.0 Å². The number of hydrogen-bond acceptors (Lipinski definition) is 7. The number of pyridine rings is 1. The Balaban J connectivity index is 1.22. The number of anilines is 1. The lowest BCUT2D eigenvalue weighted by Crippen LogP contribution is -2.42. The van der Waals surface area contributed by atoms with Gasteiger partial charge in [-0.1, -0.05) is 23.4 Å². The van der Waals surface area contributed by atoms with E-state index in [4.69, 9.17) is 9.26 Å². The lowest BCUT2D eigenvalue weighted by Gasteiger charge is -2.33. The number of aromatic nitrogens is 4. The highest BCUT2D eigenvalue weighted by atomic mass is 16.6. The van der Waals surface area contributed by atoms with Gasteiger partial charge in [0.25, 0.3) is 5.91 Å². The van der Waals surface area contributed by atoms with Crippen molar-refractivity contribution in [1.82, 2.24) is 24.4 Å². The van der Waals surface area contributed by atoms with Crippen molar-refractivity contribution < 1.29 is 18.8 Å². The Bertz CT molecular complexity index is 1460. The summed E-state index contributed by atoms with van der Waals surface area (Å²) in [6.45, 7) is 8.84. The van der Waals surface area contributed by atoms with Crippen LogP contribution in [0.1, 0.15) is 55.6 Å². The van der Waals surface area contributed by atoms with Gasteiger partial charge in [0.1, 0.15) is 16.9 Å². The van der Waals surface area contributed by atoms with Crippen LogP contribution in [0.5, 0.6) is 0 Å². The third-order valence-electron chi connectivity index (χ3n) is 6.59. The number of likely N-dealkylation sites (tertiary alicyclic amines) is 1. The van der Waals surface area contributed by atoms with Gasteiger partial charge in [0.15, 0.2) is 0 Å². The van der Waals surface area contributed by atoms with Crippen LogP contribution in [0.3, 0.4) is 0 Å². The maximum atomic E-state index is 13.0. The maximum absolute atomic E-state index is 13.0. The van der Waals surface area contributed by atoms with Crippen molar-refractivity contribution in [2.75, 3.05) is 18.4 Å². The largest absolute Gasteiger partial charge is 0.444 e. The fourth-order valence-corrected chi connectivity index (χ4v) is 4.53. The molecule has 0 saturated carbocycles. The average Bonchev–Trinajstić information content (AvgIpc) is 3.52. The van der Waals surface area contributed by atoms with Crippen molar-refractivity contribution in [1.29, 1.82) is 0 Å². The van der Waals surface area contributed by atoms with Gasteiger partial charge in [-0.25, -0.2) is 9.78 Å². The van der Waals surface area contributed by atoms with Crippen molar-refractivity contribution in [3.05, 3.63) is 65.9 Å². The number of fused-ring (bicyclic) bond motifs is 1. The molecule has 0 bridgehead atoms. The summed E-state index contributed by atoms with van der Waals surface area (Å²) in [6.07, 6.45) is 5.45. The molecule has 4 aromatic rings. The molecule has 0 unspecified atom stereocenters. The predicted octanol–water partition coefficient (Wildman–Crippen LogP) is 5.13. The molecule has 0 spiro atoms. The van der Waals surface area contributed by atoms with Gasteiger partial charge in [-0.3, -0.25) is 9.20 Å². The Kier molecular flexibility index (Phi) is 6.88. The Labute approximate surface area is 221 Å². The van der Waals surface area contributed by atoms with Crippen LogP contribution in [0.4, 0.5) is 10.5 Å². The molecule has 198 valence electrons. The molecule has 10 heteroatoms. The molecule has 0 atom stereocenters. The van der Waals surface area contributed by atoms with E-state index in [-0.39, 0.29) is 12.0 Å². The molecule has 1 saturated heterocycles. The minimum atomic E-state index is -0.499. The Morgan fingerprint density at radius 1 is 1.16 bits per heavy atom. The highest BCUT2D eigenvalue weighted by molar-refractivity contribution is 6.04. The summed E-state index contributed by atoms with van der Waals surface area (Å²) in [5, 5.41) is 7.16. The predicted molar refractivity (Wildman–Crippen MR) is 142 cm³/mol. The Morgan fingerprint density at radius 2 is 1.95 bits per heavy atom. The molecule has 0 radical (unpaired) electrons. The fraction of sp³-hybridized carbons (Fsp3) is 0.393. The third-order valence-corrected chi connectivity index (χ3v) is 6.59. The molecule has 1 aromatic carbocycles. The highest BCUT2D eigenvalue weighted by Crippen LogP contribution is 2.27. The number of benzene rings is 1. The van der Waals surface area contributed by atoms with E-state index in [9.17, 15) is 9.59 Å². The first-order chi connectivity index (χ1) is 18.2. The van der Waals surface area contributed by atoms with Crippen LogP contribution < -0.4 is 5.32 Å². The topological polar surface area (TPSA) is 115 Å². The summed E-state index contributed by atoms with van der Waals surface area (Å²) in [5.74, 6) is 1.12. The summed E-state index contributed by atoms with van der Waals surface area (Å²) in [4.78, 5) is 36.0. The first-order valence-electron chi connectivity index (χ1n) is 12.8. The first-order valence-corrected chi connectivity index (χ1v) is 12.8. The lowest BCUT2D eigenvalue weighted by atomic mass is 9.94. The number of imidazole rings is 1. The zero-order valence-electron chi connectivity index (χ0n) is 22.1. The standard InChI is InChI=1S/C28H32N6O4/c1-18-8-9-20(16-21(18)30-26(35)22-17-29-23-7-5-6-12-34(22)23)25-31-24(38-32-25)15-19-10-13-33(14-11-19)27(36)37-28(2,3)4/h5-9,12,16-17,19H,10-11,13-15H2,1-4H3,(H,30,35). The van der Waals surface area contributed by atoms with E-state index < -0.39 is 5.60 Å². The number of rotatable bonds is 5. The zero-order chi connectivity index (χ0) is 26.9. The molecule has 5 rings (SSSR count). The number of carbonyl (C=O) groups is 2. The van der Waals surface area contributed by atoms with Crippen LogP contribution in [-0.4, -0.2) is 55.1 Å². The van der Waals surface area contributed by atoms with Crippen LogP contribution in [0.25, 0.3) is 17.0 Å². The number of piperidine rings is 1. The molecular formula is C28H32N6O4. The molecule has 0 aliphatic carbocycles. The maximum Gasteiger partial charge on any atom is 0.410 e. The lowest BCUT2D eigenvalue weighted by molar-refractivity contribution is 0.0182. The molecule has 1 aliphatic heterocycles. The minimum Gasteiger partial charge on any atom is -0.444 e. The van der Waals surface area contributed by atoms with Crippen LogP contribution in [0.15, 0.2) is 53.3 Å². The van der Waals surface area contributed by atoms with Crippen molar-refractivity contribution >= 4 is 23.3 Å². The molecule has 1 aliphatic rings. The van der Waals surface area contributed by atoms with Gasteiger partial charge in [-0.15, -0.1) is 0 Å². The molecule has 1 fully saturated rings. The smallest absolute Gasteiger partial charge is 0.410 e. The van der Waals surface area contributed by atoms with Crippen molar-refractivity contribution in [2.24, 2.45) is 5.92 Å². The number of nitrogens with one attached hydrogen (secondary N) is 1. The second-order valence-electron chi connectivity index (χ2n) is 10.7. The number of aryl methyl sites for hydroxylation is 1. The number of carbonyl (C=O) groups excluding carboxylic acids is 2. The van der Waals surface area contributed by atoms with Gasteiger partial charge in [0.05, 0.1) is 6.20 Å². The minimum absolute atomic E-state index is 0.254. The Morgan fingerprint density at radius 3 is 2.71 bits per heavy atom. The van der Waals surface area contributed by atoms with Gasteiger partial charge in [-0.05, 0) is 70.2 Å². The van der Waals surface area contributed by atoms with Crippen LogP contribution >= 0.6 is 0 Å². The van der Waals surface area contributed by atoms with Gasteiger partial charge in [0.2, 0.25) is 11.7 Å². The third kappa shape index (κ3) is 5.69. The van der Waals surface area contributed by atoms with E-state index in [2.05, 4.69) is 20.4 Å². The number of amides is 2. The van der Waals surface area contributed by atoms with Gasteiger partial charge in [-0.2, -0.15) is 4.98 Å². The van der Waals surface area contributed by atoms with Crippen LogP contribution in [0, 0.1) is 12.8 Å². The van der Waals surface area contributed by atoms with Gasteiger partial charge < -0.3 is 19.5 Å². The number of ether oxygens (including phenoxy) is 1. The van der Waals surface area contributed by atoms with E-state index in [1.807, 2.05) is 70.3 Å². The second kappa shape index (κ2) is 10.3. The summed E-state index contributed by atoms with van der Waals surface area (Å²) >= 11 is 0. The van der Waals surface area contributed by atoms with Crippen molar-refractivity contribution in [3.8, 4) is 11.4 Å². The fourth-order valence-electron chi connectivity index (χ4n) is 4.53. The van der Waals surface area contributed by atoms with Gasteiger partial charge >= 0.3 is 6.09 Å². The molecule has 10 nitrogen and oxygen atoms in total. The van der Waals surface area contributed by atoms with E-state index in [1.54, 1.807) is 15.5 Å². The summed E-state index contributed by atoms with van der Waals surface area (Å²) in [6, 6.07) is 11.3. The molecule has 3 aromatic heterocycles. The number of hydrogen-bond donors (Lipinski definition) is 1. The molecule has 38 heavy (non-hydrogen) atoms. The molecule has 2 amide bonds. The molecule has 1 N–H and O–H groups in total. The summed E-state index contributed by atoms with van der Waals surface area (Å²) in [5.41, 5.74) is 2.98.